The summed E-state index contributed by atoms with van der Waals surface area (Å²) in [6.07, 6.45) is 3.74. The molecule has 104 valence electrons. The molecule has 1 amide bonds. The standard InChI is InChI=1S/C16H24N2O/c1-4-5-9-12-18(3)16(19)13(2)15(17)14-10-7-6-8-11-14/h4,6-8,10-11,13,15H,1,5,9,12,17H2,2-3H3. The van der Waals surface area contributed by atoms with Gasteiger partial charge in [-0.05, 0) is 18.4 Å². The molecular formula is C16H24N2O. The minimum Gasteiger partial charge on any atom is -0.345 e. The maximum atomic E-state index is 12.3. The SMILES string of the molecule is C=CCCCN(C)C(=O)C(C)C(N)c1ccccc1. The van der Waals surface area contributed by atoms with Crippen molar-refractivity contribution in [2.75, 3.05) is 13.6 Å². The predicted octanol–water partition coefficient (Wildman–Crippen LogP) is 2.75. The number of amides is 1. The first-order chi connectivity index (χ1) is 9.07. The van der Waals surface area contributed by atoms with Gasteiger partial charge in [-0.2, -0.15) is 0 Å². The zero-order valence-electron chi connectivity index (χ0n) is 11.9. The van der Waals surface area contributed by atoms with Crippen LogP contribution in [0.3, 0.4) is 0 Å². The Morgan fingerprint density at radius 1 is 1.42 bits per heavy atom. The van der Waals surface area contributed by atoms with E-state index in [2.05, 4.69) is 6.58 Å². The van der Waals surface area contributed by atoms with Crippen LogP contribution < -0.4 is 5.73 Å². The molecule has 1 aromatic carbocycles. The Hall–Kier alpha value is -1.61. The summed E-state index contributed by atoms with van der Waals surface area (Å²) in [5, 5.41) is 0. The highest BCUT2D eigenvalue weighted by atomic mass is 16.2. The molecule has 0 spiro atoms. The lowest BCUT2D eigenvalue weighted by molar-refractivity contribution is -0.134. The molecule has 0 heterocycles. The van der Waals surface area contributed by atoms with E-state index in [9.17, 15) is 4.79 Å². The van der Waals surface area contributed by atoms with Crippen molar-refractivity contribution in [3.63, 3.8) is 0 Å². The molecule has 0 aromatic heterocycles. The van der Waals surface area contributed by atoms with Gasteiger partial charge >= 0.3 is 0 Å². The maximum absolute atomic E-state index is 12.3. The highest BCUT2D eigenvalue weighted by Gasteiger charge is 2.24. The molecule has 2 unspecified atom stereocenters. The van der Waals surface area contributed by atoms with Crippen molar-refractivity contribution >= 4 is 5.91 Å². The molecule has 0 saturated heterocycles. The molecule has 0 aliphatic rings. The molecule has 3 nitrogen and oxygen atoms in total. The van der Waals surface area contributed by atoms with Crippen molar-refractivity contribution in [1.29, 1.82) is 0 Å². The third-order valence-corrected chi connectivity index (χ3v) is 3.39. The number of hydrogen-bond donors (Lipinski definition) is 1. The van der Waals surface area contributed by atoms with Gasteiger partial charge in [0.05, 0.1) is 5.92 Å². The Morgan fingerprint density at radius 3 is 2.63 bits per heavy atom. The first kappa shape index (κ1) is 15.4. The number of unbranched alkanes of at least 4 members (excludes halogenated alkanes) is 1. The van der Waals surface area contributed by atoms with Crippen LogP contribution >= 0.6 is 0 Å². The molecule has 1 aromatic rings. The zero-order valence-corrected chi connectivity index (χ0v) is 11.9. The van der Waals surface area contributed by atoms with Crippen LogP contribution in [-0.2, 0) is 4.79 Å². The van der Waals surface area contributed by atoms with Crippen LogP contribution in [0.25, 0.3) is 0 Å². The van der Waals surface area contributed by atoms with Crippen molar-refractivity contribution in [3.8, 4) is 0 Å². The summed E-state index contributed by atoms with van der Waals surface area (Å²) in [6.45, 7) is 6.32. The second kappa shape index (κ2) is 7.74. The number of hydrogen-bond acceptors (Lipinski definition) is 2. The van der Waals surface area contributed by atoms with Crippen LogP contribution in [0.4, 0.5) is 0 Å². The Balaban J connectivity index is 2.58. The van der Waals surface area contributed by atoms with E-state index < -0.39 is 0 Å². The fraction of sp³-hybridized carbons (Fsp3) is 0.438. The van der Waals surface area contributed by atoms with E-state index in [4.69, 9.17) is 5.73 Å². The molecule has 0 saturated carbocycles. The lowest BCUT2D eigenvalue weighted by Gasteiger charge is -2.25. The van der Waals surface area contributed by atoms with E-state index in [0.29, 0.717) is 0 Å². The summed E-state index contributed by atoms with van der Waals surface area (Å²) in [4.78, 5) is 14.0. The average molecular weight is 260 g/mol. The van der Waals surface area contributed by atoms with Crippen molar-refractivity contribution in [3.05, 3.63) is 48.6 Å². The summed E-state index contributed by atoms with van der Waals surface area (Å²) < 4.78 is 0. The highest BCUT2D eigenvalue weighted by Crippen LogP contribution is 2.20. The fourth-order valence-electron chi connectivity index (χ4n) is 2.05. The maximum Gasteiger partial charge on any atom is 0.227 e. The largest absolute Gasteiger partial charge is 0.345 e. The Morgan fingerprint density at radius 2 is 2.05 bits per heavy atom. The summed E-state index contributed by atoms with van der Waals surface area (Å²) in [7, 11) is 1.83. The van der Waals surface area contributed by atoms with Gasteiger partial charge in [0, 0.05) is 19.6 Å². The molecular weight excluding hydrogens is 236 g/mol. The van der Waals surface area contributed by atoms with Gasteiger partial charge < -0.3 is 10.6 Å². The topological polar surface area (TPSA) is 46.3 Å². The second-order valence-corrected chi connectivity index (χ2v) is 4.92. The van der Waals surface area contributed by atoms with Gasteiger partial charge in [-0.15, -0.1) is 6.58 Å². The first-order valence-corrected chi connectivity index (χ1v) is 6.74. The van der Waals surface area contributed by atoms with Gasteiger partial charge in [0.1, 0.15) is 0 Å². The monoisotopic (exact) mass is 260 g/mol. The normalized spacial score (nSPS) is 13.6. The lowest BCUT2D eigenvalue weighted by atomic mass is 9.94. The van der Waals surface area contributed by atoms with Gasteiger partial charge in [-0.3, -0.25) is 4.79 Å². The third kappa shape index (κ3) is 4.52. The highest BCUT2D eigenvalue weighted by molar-refractivity contribution is 5.79. The minimum absolute atomic E-state index is 0.0976. The summed E-state index contributed by atoms with van der Waals surface area (Å²) in [6, 6.07) is 9.51. The number of benzene rings is 1. The second-order valence-electron chi connectivity index (χ2n) is 4.92. The van der Waals surface area contributed by atoms with E-state index in [1.165, 1.54) is 0 Å². The van der Waals surface area contributed by atoms with Crippen LogP contribution in [-0.4, -0.2) is 24.4 Å². The molecule has 0 aliphatic heterocycles. The van der Waals surface area contributed by atoms with E-state index in [0.717, 1.165) is 24.9 Å². The molecule has 0 fully saturated rings. The third-order valence-electron chi connectivity index (χ3n) is 3.39. The number of carbonyl (C=O) groups excluding carboxylic acids is 1. The van der Waals surface area contributed by atoms with Crippen LogP contribution in [0.2, 0.25) is 0 Å². The molecule has 3 heteroatoms. The van der Waals surface area contributed by atoms with Gasteiger partial charge in [-0.25, -0.2) is 0 Å². The zero-order chi connectivity index (χ0) is 14.3. The number of nitrogens with two attached hydrogens (primary N) is 1. The molecule has 19 heavy (non-hydrogen) atoms. The molecule has 0 aliphatic carbocycles. The molecule has 2 N–H and O–H groups in total. The van der Waals surface area contributed by atoms with Crippen LogP contribution in [0, 0.1) is 5.92 Å². The first-order valence-electron chi connectivity index (χ1n) is 6.74. The molecule has 2 atom stereocenters. The van der Waals surface area contributed by atoms with Gasteiger partial charge in [0.25, 0.3) is 0 Å². The predicted molar refractivity (Wildman–Crippen MR) is 79.6 cm³/mol. The molecule has 1 rings (SSSR count). The Bertz CT molecular complexity index is 402. The van der Waals surface area contributed by atoms with Crippen LogP contribution in [0.15, 0.2) is 43.0 Å². The van der Waals surface area contributed by atoms with E-state index >= 15 is 0 Å². The van der Waals surface area contributed by atoms with Crippen molar-refractivity contribution in [2.45, 2.75) is 25.8 Å². The van der Waals surface area contributed by atoms with Crippen molar-refractivity contribution < 1.29 is 4.79 Å². The van der Waals surface area contributed by atoms with Crippen molar-refractivity contribution in [2.24, 2.45) is 11.7 Å². The Kier molecular flexibility index (Phi) is 6.30. The average Bonchev–Trinajstić information content (AvgIpc) is 2.46. The van der Waals surface area contributed by atoms with Gasteiger partial charge in [0.15, 0.2) is 0 Å². The number of nitrogens with zero attached hydrogens (tertiary/aromatic N) is 1. The lowest BCUT2D eigenvalue weighted by Crippen LogP contribution is -2.37. The number of carbonyl (C=O) groups is 1. The van der Waals surface area contributed by atoms with Crippen LogP contribution in [0.1, 0.15) is 31.4 Å². The summed E-state index contributed by atoms with van der Waals surface area (Å²) >= 11 is 0. The Labute approximate surface area is 116 Å². The summed E-state index contributed by atoms with van der Waals surface area (Å²) in [5.74, 6) is -0.114. The molecule has 0 radical (unpaired) electrons. The van der Waals surface area contributed by atoms with Crippen molar-refractivity contribution in [1.82, 2.24) is 4.90 Å². The number of rotatable bonds is 7. The van der Waals surface area contributed by atoms with Gasteiger partial charge in [0.2, 0.25) is 5.91 Å². The molecule has 0 bridgehead atoms. The summed E-state index contributed by atoms with van der Waals surface area (Å²) in [5.41, 5.74) is 7.17. The van der Waals surface area contributed by atoms with E-state index in [1.54, 1.807) is 4.90 Å². The smallest absolute Gasteiger partial charge is 0.227 e. The number of allylic oxidation sites excluding steroid dienone is 1. The quantitative estimate of drug-likeness (QED) is 0.605. The minimum atomic E-state index is -0.254. The van der Waals surface area contributed by atoms with E-state index in [1.807, 2.05) is 50.4 Å². The van der Waals surface area contributed by atoms with E-state index in [-0.39, 0.29) is 17.9 Å². The fourth-order valence-corrected chi connectivity index (χ4v) is 2.05. The van der Waals surface area contributed by atoms with Gasteiger partial charge in [-0.1, -0.05) is 43.3 Å². The van der Waals surface area contributed by atoms with Crippen LogP contribution in [0.5, 0.6) is 0 Å².